The van der Waals surface area contributed by atoms with E-state index in [1.165, 1.54) is 5.56 Å². The van der Waals surface area contributed by atoms with E-state index in [9.17, 15) is 0 Å². The van der Waals surface area contributed by atoms with Crippen molar-refractivity contribution in [2.24, 2.45) is 0 Å². The van der Waals surface area contributed by atoms with Crippen LogP contribution in [-0.4, -0.2) is 36.1 Å². The Balaban J connectivity index is 1.95. The fourth-order valence-electron chi connectivity index (χ4n) is 1.72. The molecule has 1 fully saturated rings. The smallest absolute Gasteiger partial charge is 0.123 e. The first kappa shape index (κ1) is 9.43. The first-order valence-electron chi connectivity index (χ1n) is 4.98. The lowest BCUT2D eigenvalue weighted by molar-refractivity contribution is 0.233. The molecule has 1 aromatic rings. The maximum Gasteiger partial charge on any atom is 0.123 e. The van der Waals surface area contributed by atoms with E-state index in [1.54, 1.807) is 6.20 Å². The van der Waals surface area contributed by atoms with E-state index in [0.29, 0.717) is 5.82 Å². The van der Waals surface area contributed by atoms with Gasteiger partial charge in [0.05, 0.1) is 0 Å². The molecule has 0 amide bonds. The van der Waals surface area contributed by atoms with Crippen LogP contribution in [0.2, 0.25) is 0 Å². The zero-order valence-electron chi connectivity index (χ0n) is 8.24. The second-order valence-electron chi connectivity index (χ2n) is 3.62. The fourth-order valence-corrected chi connectivity index (χ4v) is 1.72. The summed E-state index contributed by atoms with van der Waals surface area (Å²) in [5.74, 6) is 0.609. The number of nitrogens with zero attached hydrogens (tertiary/aromatic N) is 2. The number of anilines is 1. The third-order valence-corrected chi connectivity index (χ3v) is 2.46. The van der Waals surface area contributed by atoms with Crippen LogP contribution < -0.4 is 11.1 Å². The molecule has 2 rings (SSSR count). The Bertz CT molecular complexity index is 294. The predicted octanol–water partition coefficient (Wildman–Crippen LogP) is 0.0690. The van der Waals surface area contributed by atoms with Gasteiger partial charge in [-0.25, -0.2) is 4.98 Å². The lowest BCUT2D eigenvalue weighted by atomic mass is 10.2. The van der Waals surface area contributed by atoms with Gasteiger partial charge in [-0.05, 0) is 17.7 Å². The van der Waals surface area contributed by atoms with Crippen molar-refractivity contribution in [3.8, 4) is 0 Å². The molecule has 76 valence electrons. The predicted molar refractivity (Wildman–Crippen MR) is 56.8 cm³/mol. The van der Waals surface area contributed by atoms with E-state index in [1.807, 2.05) is 12.1 Å². The van der Waals surface area contributed by atoms with Crippen LogP contribution in [-0.2, 0) is 6.54 Å². The second kappa shape index (κ2) is 4.39. The SMILES string of the molecule is Nc1cc(CN2CCNCC2)ccn1. The Labute approximate surface area is 84.1 Å². The Morgan fingerprint density at radius 1 is 1.43 bits per heavy atom. The first-order valence-corrected chi connectivity index (χ1v) is 4.98. The largest absolute Gasteiger partial charge is 0.384 e. The summed E-state index contributed by atoms with van der Waals surface area (Å²) >= 11 is 0. The standard InChI is InChI=1S/C10H16N4/c11-10-7-9(1-2-13-10)8-14-5-3-12-4-6-14/h1-2,7,12H,3-6,8H2,(H2,11,13). The van der Waals surface area contributed by atoms with E-state index in [0.717, 1.165) is 32.7 Å². The van der Waals surface area contributed by atoms with Crippen LogP contribution in [0, 0.1) is 0 Å². The Hall–Kier alpha value is -1.13. The molecular formula is C10H16N4. The van der Waals surface area contributed by atoms with E-state index in [-0.39, 0.29) is 0 Å². The summed E-state index contributed by atoms with van der Waals surface area (Å²) in [6.45, 7) is 5.37. The van der Waals surface area contributed by atoms with E-state index in [4.69, 9.17) is 5.73 Å². The molecule has 0 spiro atoms. The summed E-state index contributed by atoms with van der Waals surface area (Å²) in [7, 11) is 0. The zero-order chi connectivity index (χ0) is 9.80. The minimum Gasteiger partial charge on any atom is -0.384 e. The molecule has 0 radical (unpaired) electrons. The average molecular weight is 192 g/mol. The van der Waals surface area contributed by atoms with E-state index < -0.39 is 0 Å². The highest BCUT2D eigenvalue weighted by molar-refractivity contribution is 5.31. The molecule has 1 aliphatic rings. The first-order chi connectivity index (χ1) is 6.84. The van der Waals surface area contributed by atoms with Crippen molar-refractivity contribution in [3.63, 3.8) is 0 Å². The monoisotopic (exact) mass is 192 g/mol. The van der Waals surface area contributed by atoms with Gasteiger partial charge >= 0.3 is 0 Å². The number of piperazine rings is 1. The maximum absolute atomic E-state index is 5.62. The van der Waals surface area contributed by atoms with Gasteiger partial charge in [-0.15, -0.1) is 0 Å². The van der Waals surface area contributed by atoms with Gasteiger partial charge in [0.2, 0.25) is 0 Å². The number of hydrogen-bond donors (Lipinski definition) is 2. The average Bonchev–Trinajstić information content (AvgIpc) is 2.19. The third kappa shape index (κ3) is 2.43. The van der Waals surface area contributed by atoms with Crippen LogP contribution in [0.4, 0.5) is 5.82 Å². The summed E-state index contributed by atoms with van der Waals surface area (Å²) in [6, 6.07) is 3.97. The van der Waals surface area contributed by atoms with Crippen molar-refractivity contribution in [2.75, 3.05) is 31.9 Å². The summed E-state index contributed by atoms with van der Waals surface area (Å²) < 4.78 is 0. The van der Waals surface area contributed by atoms with E-state index >= 15 is 0 Å². The molecule has 0 atom stereocenters. The topological polar surface area (TPSA) is 54.2 Å². The molecule has 0 aromatic carbocycles. The van der Waals surface area contributed by atoms with Crippen LogP contribution >= 0.6 is 0 Å². The molecule has 2 heterocycles. The Morgan fingerprint density at radius 3 is 2.93 bits per heavy atom. The highest BCUT2D eigenvalue weighted by Crippen LogP contribution is 2.07. The maximum atomic E-state index is 5.62. The number of nitrogens with two attached hydrogens (primary N) is 1. The highest BCUT2D eigenvalue weighted by Gasteiger charge is 2.09. The van der Waals surface area contributed by atoms with Gasteiger partial charge in [0.25, 0.3) is 0 Å². The van der Waals surface area contributed by atoms with Crippen molar-refractivity contribution >= 4 is 5.82 Å². The Morgan fingerprint density at radius 2 is 2.21 bits per heavy atom. The minimum atomic E-state index is 0.609. The van der Waals surface area contributed by atoms with Gasteiger partial charge in [0, 0.05) is 38.9 Å². The number of pyridine rings is 1. The van der Waals surface area contributed by atoms with Crippen LogP contribution in [0.5, 0.6) is 0 Å². The summed E-state index contributed by atoms with van der Waals surface area (Å²) in [6.07, 6.45) is 1.77. The molecule has 4 heteroatoms. The minimum absolute atomic E-state index is 0.609. The lowest BCUT2D eigenvalue weighted by Gasteiger charge is -2.27. The second-order valence-corrected chi connectivity index (χ2v) is 3.62. The van der Waals surface area contributed by atoms with Crippen LogP contribution in [0.1, 0.15) is 5.56 Å². The van der Waals surface area contributed by atoms with Crippen LogP contribution in [0.25, 0.3) is 0 Å². The Kier molecular flexibility index (Phi) is 2.96. The van der Waals surface area contributed by atoms with Crippen LogP contribution in [0.3, 0.4) is 0 Å². The highest BCUT2D eigenvalue weighted by atomic mass is 15.2. The summed E-state index contributed by atoms with van der Waals surface area (Å²) in [5.41, 5.74) is 6.87. The van der Waals surface area contributed by atoms with Gasteiger partial charge in [-0.1, -0.05) is 0 Å². The summed E-state index contributed by atoms with van der Waals surface area (Å²) in [5, 5.41) is 3.33. The number of nitrogens with one attached hydrogen (secondary N) is 1. The molecule has 0 unspecified atom stereocenters. The van der Waals surface area contributed by atoms with E-state index in [2.05, 4.69) is 15.2 Å². The number of hydrogen-bond acceptors (Lipinski definition) is 4. The molecule has 14 heavy (non-hydrogen) atoms. The molecule has 0 bridgehead atoms. The molecule has 0 saturated carbocycles. The molecular weight excluding hydrogens is 176 g/mol. The van der Waals surface area contributed by atoms with Crippen molar-refractivity contribution in [2.45, 2.75) is 6.54 Å². The van der Waals surface area contributed by atoms with Crippen molar-refractivity contribution in [1.82, 2.24) is 15.2 Å². The molecule has 1 aromatic heterocycles. The molecule has 4 nitrogen and oxygen atoms in total. The number of nitrogen functional groups attached to an aromatic ring is 1. The molecule has 1 aliphatic heterocycles. The molecule has 1 saturated heterocycles. The van der Waals surface area contributed by atoms with Crippen molar-refractivity contribution in [1.29, 1.82) is 0 Å². The van der Waals surface area contributed by atoms with Gasteiger partial charge < -0.3 is 11.1 Å². The number of aromatic nitrogens is 1. The molecule has 3 N–H and O–H groups in total. The summed E-state index contributed by atoms with van der Waals surface area (Å²) in [4.78, 5) is 6.40. The van der Waals surface area contributed by atoms with Gasteiger partial charge in [-0.3, -0.25) is 4.90 Å². The van der Waals surface area contributed by atoms with Crippen molar-refractivity contribution < 1.29 is 0 Å². The number of rotatable bonds is 2. The lowest BCUT2D eigenvalue weighted by Crippen LogP contribution is -2.42. The quantitative estimate of drug-likeness (QED) is 0.696. The van der Waals surface area contributed by atoms with Gasteiger partial charge in [-0.2, -0.15) is 0 Å². The zero-order valence-corrected chi connectivity index (χ0v) is 8.24. The normalized spacial score (nSPS) is 18.3. The fraction of sp³-hybridized carbons (Fsp3) is 0.500. The van der Waals surface area contributed by atoms with Gasteiger partial charge in [0.15, 0.2) is 0 Å². The molecule has 0 aliphatic carbocycles. The van der Waals surface area contributed by atoms with Crippen LogP contribution in [0.15, 0.2) is 18.3 Å². The van der Waals surface area contributed by atoms with Gasteiger partial charge in [0.1, 0.15) is 5.82 Å². The van der Waals surface area contributed by atoms with Crippen molar-refractivity contribution in [3.05, 3.63) is 23.9 Å². The third-order valence-electron chi connectivity index (χ3n) is 2.46.